The Morgan fingerprint density at radius 1 is 1.31 bits per heavy atom. The number of rotatable bonds is 4. The molecule has 0 fully saturated rings. The molecule has 76 valence electrons. The van der Waals surface area contributed by atoms with E-state index in [0.717, 1.165) is 0 Å². The summed E-state index contributed by atoms with van der Waals surface area (Å²) in [7, 11) is 0. The monoisotopic (exact) mass is 202 g/mol. The van der Waals surface area contributed by atoms with Crippen molar-refractivity contribution >= 4 is 23.3 Å². The summed E-state index contributed by atoms with van der Waals surface area (Å²) in [6.45, 7) is 9.08. The van der Waals surface area contributed by atoms with Gasteiger partial charge in [0, 0.05) is 5.41 Å². The molecule has 0 heterocycles. The molecule has 0 aromatic heterocycles. The lowest BCUT2D eigenvalue weighted by molar-refractivity contribution is -0.123. The van der Waals surface area contributed by atoms with Crippen molar-refractivity contribution in [1.82, 2.24) is 0 Å². The Hall–Kier alpha value is -0.310. The minimum atomic E-state index is -0.288. The van der Waals surface area contributed by atoms with Crippen molar-refractivity contribution in [2.45, 2.75) is 39.9 Å². The van der Waals surface area contributed by atoms with E-state index in [4.69, 9.17) is 0 Å². The zero-order valence-electron chi connectivity index (χ0n) is 9.01. The van der Waals surface area contributed by atoms with Crippen LogP contribution in [0.3, 0.4) is 0 Å². The first-order valence-corrected chi connectivity index (χ1v) is 5.45. The molecule has 0 aromatic rings. The molecule has 0 bridgehead atoms. The highest BCUT2D eigenvalue weighted by Crippen LogP contribution is 2.20. The van der Waals surface area contributed by atoms with Crippen LogP contribution in [0.2, 0.25) is 0 Å². The number of carbonyl (C=O) groups is 2. The fraction of sp³-hybridized carbons (Fsp3) is 0.800. The summed E-state index contributed by atoms with van der Waals surface area (Å²) in [6.07, 6.45) is 0. The molecule has 1 atom stereocenters. The van der Waals surface area contributed by atoms with Gasteiger partial charge >= 0.3 is 0 Å². The summed E-state index contributed by atoms with van der Waals surface area (Å²) in [5.41, 5.74) is -0.288. The Morgan fingerprint density at radius 2 is 1.77 bits per heavy atom. The number of carbonyl (C=O) groups excluding carboxylic acids is 2. The first-order valence-electron chi connectivity index (χ1n) is 4.40. The van der Waals surface area contributed by atoms with Crippen molar-refractivity contribution in [3.05, 3.63) is 0 Å². The maximum atomic E-state index is 11.5. The van der Waals surface area contributed by atoms with Crippen LogP contribution in [-0.2, 0) is 9.59 Å². The zero-order valence-corrected chi connectivity index (χ0v) is 9.83. The number of thioether (sulfide) groups is 1. The molecule has 2 nitrogen and oxygen atoms in total. The molecule has 0 aromatic carbocycles. The van der Waals surface area contributed by atoms with Crippen molar-refractivity contribution in [1.29, 1.82) is 0 Å². The molecule has 0 amide bonds. The minimum absolute atomic E-state index is 0.0636. The topological polar surface area (TPSA) is 34.1 Å². The maximum absolute atomic E-state index is 11.5. The lowest BCUT2D eigenvalue weighted by atomic mass is 9.92. The van der Waals surface area contributed by atoms with Gasteiger partial charge in [-0.25, -0.2) is 0 Å². The predicted molar refractivity (Wildman–Crippen MR) is 57.1 cm³/mol. The van der Waals surface area contributed by atoms with Crippen LogP contribution in [-0.4, -0.2) is 22.6 Å². The van der Waals surface area contributed by atoms with E-state index in [-0.39, 0.29) is 22.2 Å². The van der Waals surface area contributed by atoms with E-state index in [1.807, 2.05) is 27.7 Å². The molecular formula is C10H18O2S. The summed E-state index contributed by atoms with van der Waals surface area (Å²) >= 11 is 1.42. The van der Waals surface area contributed by atoms with Crippen LogP contribution >= 0.6 is 11.8 Å². The standard InChI is InChI=1S/C10H18O2S/c1-7(11)8(2)13-6-9(12)10(3,4)5/h8H,6H2,1-5H3. The second-order valence-electron chi connectivity index (χ2n) is 4.24. The third-order valence-corrected chi connectivity index (χ3v) is 3.13. The van der Waals surface area contributed by atoms with Crippen LogP contribution in [0.1, 0.15) is 34.6 Å². The van der Waals surface area contributed by atoms with Gasteiger partial charge in [0.2, 0.25) is 0 Å². The zero-order chi connectivity index (χ0) is 10.6. The second-order valence-corrected chi connectivity index (χ2v) is 5.57. The summed E-state index contributed by atoms with van der Waals surface area (Å²) < 4.78 is 0. The molecule has 3 heteroatoms. The fourth-order valence-corrected chi connectivity index (χ4v) is 1.60. The van der Waals surface area contributed by atoms with Crippen molar-refractivity contribution in [3.8, 4) is 0 Å². The van der Waals surface area contributed by atoms with Gasteiger partial charge in [-0.2, -0.15) is 0 Å². The van der Waals surface area contributed by atoms with Crippen LogP contribution < -0.4 is 0 Å². The SMILES string of the molecule is CC(=O)C(C)SCC(=O)C(C)(C)C. The van der Waals surface area contributed by atoms with E-state index in [1.165, 1.54) is 11.8 Å². The highest BCUT2D eigenvalue weighted by molar-refractivity contribution is 8.01. The van der Waals surface area contributed by atoms with E-state index in [2.05, 4.69) is 0 Å². The molecule has 0 radical (unpaired) electrons. The summed E-state index contributed by atoms with van der Waals surface area (Å²) in [4.78, 5) is 22.3. The van der Waals surface area contributed by atoms with Gasteiger partial charge < -0.3 is 0 Å². The maximum Gasteiger partial charge on any atom is 0.148 e. The van der Waals surface area contributed by atoms with E-state index >= 15 is 0 Å². The Morgan fingerprint density at radius 3 is 2.08 bits per heavy atom. The van der Waals surface area contributed by atoms with Crippen molar-refractivity contribution in [2.24, 2.45) is 5.41 Å². The van der Waals surface area contributed by atoms with Crippen molar-refractivity contribution in [2.75, 3.05) is 5.75 Å². The fourth-order valence-electron chi connectivity index (χ4n) is 0.535. The van der Waals surface area contributed by atoms with E-state index in [0.29, 0.717) is 5.75 Å². The number of Topliss-reactive ketones (excluding diaryl/α,β-unsaturated/α-hetero) is 2. The smallest absolute Gasteiger partial charge is 0.148 e. The molecule has 0 aliphatic heterocycles. The third kappa shape index (κ3) is 5.09. The quantitative estimate of drug-likeness (QED) is 0.701. The molecule has 0 aliphatic carbocycles. The van der Waals surface area contributed by atoms with Gasteiger partial charge in [0.15, 0.2) is 0 Å². The average molecular weight is 202 g/mol. The summed E-state index contributed by atoms with van der Waals surface area (Å²) in [5, 5.41) is -0.0636. The normalized spacial score (nSPS) is 13.9. The van der Waals surface area contributed by atoms with Gasteiger partial charge in [-0.15, -0.1) is 11.8 Å². The number of ketones is 2. The lowest BCUT2D eigenvalue weighted by Gasteiger charge is -2.17. The van der Waals surface area contributed by atoms with Gasteiger partial charge in [0.25, 0.3) is 0 Å². The Kier molecular flexibility index (Phi) is 4.68. The largest absolute Gasteiger partial charge is 0.299 e. The predicted octanol–water partition coefficient (Wildman–Crippen LogP) is 2.31. The van der Waals surface area contributed by atoms with Crippen LogP contribution in [0, 0.1) is 5.41 Å². The minimum Gasteiger partial charge on any atom is -0.299 e. The van der Waals surface area contributed by atoms with E-state index < -0.39 is 0 Å². The van der Waals surface area contributed by atoms with E-state index in [9.17, 15) is 9.59 Å². The molecule has 0 saturated carbocycles. The van der Waals surface area contributed by atoms with Crippen LogP contribution in [0.25, 0.3) is 0 Å². The number of hydrogen-bond acceptors (Lipinski definition) is 3. The van der Waals surface area contributed by atoms with Crippen LogP contribution in [0.4, 0.5) is 0 Å². The Balaban J connectivity index is 3.91. The first kappa shape index (κ1) is 12.7. The molecule has 1 unspecified atom stereocenters. The third-order valence-electron chi connectivity index (χ3n) is 1.87. The molecule has 0 aliphatic rings. The Labute approximate surface area is 84.5 Å². The van der Waals surface area contributed by atoms with Gasteiger partial charge in [-0.3, -0.25) is 9.59 Å². The lowest BCUT2D eigenvalue weighted by Crippen LogP contribution is -2.23. The molecule has 0 rings (SSSR count). The summed E-state index contributed by atoms with van der Waals surface area (Å²) in [5.74, 6) is 0.766. The van der Waals surface area contributed by atoms with Crippen LogP contribution in [0.15, 0.2) is 0 Å². The number of hydrogen-bond donors (Lipinski definition) is 0. The van der Waals surface area contributed by atoms with Gasteiger partial charge in [-0.05, 0) is 13.8 Å². The van der Waals surface area contributed by atoms with Gasteiger partial charge in [0.05, 0.1) is 11.0 Å². The molecule has 0 saturated heterocycles. The van der Waals surface area contributed by atoms with Crippen LogP contribution in [0.5, 0.6) is 0 Å². The highest BCUT2D eigenvalue weighted by Gasteiger charge is 2.22. The van der Waals surface area contributed by atoms with Gasteiger partial charge in [-0.1, -0.05) is 20.8 Å². The van der Waals surface area contributed by atoms with Crippen molar-refractivity contribution in [3.63, 3.8) is 0 Å². The van der Waals surface area contributed by atoms with Crippen molar-refractivity contribution < 1.29 is 9.59 Å². The molecule has 0 spiro atoms. The molecular weight excluding hydrogens is 184 g/mol. The molecule has 0 N–H and O–H groups in total. The molecule has 13 heavy (non-hydrogen) atoms. The summed E-state index contributed by atoms with van der Waals surface area (Å²) in [6, 6.07) is 0. The highest BCUT2D eigenvalue weighted by atomic mass is 32.2. The average Bonchev–Trinajstić information content (AvgIpc) is 1.97. The van der Waals surface area contributed by atoms with E-state index in [1.54, 1.807) is 6.92 Å². The second kappa shape index (κ2) is 4.80. The van der Waals surface area contributed by atoms with Gasteiger partial charge in [0.1, 0.15) is 11.6 Å². The first-order chi connectivity index (χ1) is 5.75. The Bertz CT molecular complexity index is 203.